The minimum atomic E-state index is -0.312. The summed E-state index contributed by atoms with van der Waals surface area (Å²) < 4.78 is 17.6. The molecule has 4 aromatic rings. The van der Waals surface area contributed by atoms with E-state index in [2.05, 4.69) is 5.32 Å². The van der Waals surface area contributed by atoms with Gasteiger partial charge in [0, 0.05) is 22.7 Å². The Morgan fingerprint density at radius 2 is 1.51 bits per heavy atom. The Balaban J connectivity index is 1.70. The third-order valence-corrected chi connectivity index (χ3v) is 5.87. The number of pyridine rings is 1. The summed E-state index contributed by atoms with van der Waals surface area (Å²) in [5.41, 5.74) is 2.79. The van der Waals surface area contributed by atoms with Gasteiger partial charge in [0.2, 0.25) is 5.91 Å². The van der Waals surface area contributed by atoms with Crippen LogP contribution < -0.4 is 25.1 Å². The molecule has 0 saturated heterocycles. The fraction of sp³-hybridized carbons (Fsp3) is 0.214. The molecule has 1 N–H and O–H groups in total. The Morgan fingerprint density at radius 3 is 2.17 bits per heavy atom. The van der Waals surface area contributed by atoms with Crippen molar-refractivity contribution >= 4 is 22.5 Å². The number of hydrogen-bond acceptors (Lipinski definition) is 5. The molecule has 0 aliphatic rings. The van der Waals surface area contributed by atoms with Gasteiger partial charge in [0.25, 0.3) is 5.56 Å². The van der Waals surface area contributed by atoms with Crippen molar-refractivity contribution in [1.82, 2.24) is 4.57 Å². The summed E-state index contributed by atoms with van der Waals surface area (Å²) in [5, 5.41) is 3.65. The summed E-state index contributed by atoms with van der Waals surface area (Å²) in [6.45, 7) is -0.143. The number of methoxy groups -OCH3 is 3. The smallest absolute Gasteiger partial charge is 0.254 e. The van der Waals surface area contributed by atoms with E-state index in [0.717, 1.165) is 10.9 Å². The summed E-state index contributed by atoms with van der Waals surface area (Å²) >= 11 is 0. The monoisotopic (exact) mass is 472 g/mol. The van der Waals surface area contributed by atoms with Crippen molar-refractivity contribution in [3.05, 3.63) is 94.3 Å². The first kappa shape index (κ1) is 23.9. The maximum atomic E-state index is 13.5. The number of ether oxygens (including phenoxy) is 3. The van der Waals surface area contributed by atoms with E-state index in [1.165, 1.54) is 11.7 Å². The highest BCUT2D eigenvalue weighted by Gasteiger charge is 2.16. The summed E-state index contributed by atoms with van der Waals surface area (Å²) in [6.07, 6.45) is 1.26. The van der Waals surface area contributed by atoms with Crippen LogP contribution in [-0.2, 0) is 24.2 Å². The normalized spacial score (nSPS) is 10.7. The first-order chi connectivity index (χ1) is 17.0. The minimum Gasteiger partial charge on any atom is -0.497 e. The van der Waals surface area contributed by atoms with Gasteiger partial charge in [-0.2, -0.15) is 0 Å². The number of amides is 1. The van der Waals surface area contributed by atoms with Crippen molar-refractivity contribution in [2.45, 2.75) is 19.4 Å². The third-order valence-electron chi connectivity index (χ3n) is 5.87. The fourth-order valence-corrected chi connectivity index (χ4v) is 4.04. The Hall–Kier alpha value is -4.26. The van der Waals surface area contributed by atoms with Crippen LogP contribution >= 0.6 is 0 Å². The van der Waals surface area contributed by atoms with Crippen LogP contribution in [0.5, 0.6) is 17.2 Å². The first-order valence-corrected chi connectivity index (χ1v) is 11.3. The number of aryl methyl sites for hydroxylation is 2. The Labute approximate surface area is 203 Å². The predicted octanol–water partition coefficient (Wildman–Crippen LogP) is 4.45. The second kappa shape index (κ2) is 10.8. The summed E-state index contributed by atoms with van der Waals surface area (Å²) in [6, 6.07) is 22.5. The van der Waals surface area contributed by atoms with E-state index >= 15 is 0 Å². The number of fused-ring (bicyclic) bond motifs is 1. The SMILES string of the molecule is COc1ccc(NC(=O)Cn2c(=O)c(CCc3ccccc3)cc3cc(OC)c(OC)cc32)cc1. The zero-order valence-corrected chi connectivity index (χ0v) is 20.0. The molecule has 0 atom stereocenters. The van der Waals surface area contributed by atoms with Crippen LogP contribution in [0.3, 0.4) is 0 Å². The zero-order chi connectivity index (χ0) is 24.8. The van der Waals surface area contributed by atoms with Crippen LogP contribution in [-0.4, -0.2) is 31.8 Å². The molecule has 180 valence electrons. The van der Waals surface area contributed by atoms with Gasteiger partial charge in [-0.15, -0.1) is 0 Å². The van der Waals surface area contributed by atoms with Gasteiger partial charge in [0.05, 0.1) is 26.8 Å². The number of nitrogens with one attached hydrogen (secondary N) is 1. The zero-order valence-electron chi connectivity index (χ0n) is 20.0. The van der Waals surface area contributed by atoms with E-state index in [4.69, 9.17) is 14.2 Å². The van der Waals surface area contributed by atoms with E-state index in [9.17, 15) is 9.59 Å². The van der Waals surface area contributed by atoms with Gasteiger partial charge in [0.1, 0.15) is 12.3 Å². The lowest BCUT2D eigenvalue weighted by atomic mass is 10.0. The van der Waals surface area contributed by atoms with Gasteiger partial charge in [-0.25, -0.2) is 0 Å². The van der Waals surface area contributed by atoms with Gasteiger partial charge in [-0.05, 0) is 54.8 Å². The van der Waals surface area contributed by atoms with Crippen LogP contribution in [0.4, 0.5) is 5.69 Å². The molecule has 0 spiro atoms. The van der Waals surface area contributed by atoms with Gasteiger partial charge in [-0.3, -0.25) is 14.2 Å². The molecule has 3 aromatic carbocycles. The molecular formula is C28H28N2O5. The number of anilines is 1. The lowest BCUT2D eigenvalue weighted by Crippen LogP contribution is -2.30. The molecule has 1 amide bonds. The van der Waals surface area contributed by atoms with Gasteiger partial charge in [0.15, 0.2) is 11.5 Å². The first-order valence-electron chi connectivity index (χ1n) is 11.3. The summed E-state index contributed by atoms with van der Waals surface area (Å²) in [7, 11) is 4.69. The number of carbonyl (C=O) groups is 1. The van der Waals surface area contributed by atoms with E-state index in [1.54, 1.807) is 44.6 Å². The maximum absolute atomic E-state index is 13.5. The molecule has 4 rings (SSSR count). The van der Waals surface area contributed by atoms with Gasteiger partial charge < -0.3 is 19.5 Å². The molecule has 0 unspecified atom stereocenters. The van der Waals surface area contributed by atoms with E-state index in [-0.39, 0.29) is 18.0 Å². The lowest BCUT2D eigenvalue weighted by Gasteiger charge is -2.16. The van der Waals surface area contributed by atoms with E-state index in [1.807, 2.05) is 42.5 Å². The largest absolute Gasteiger partial charge is 0.497 e. The van der Waals surface area contributed by atoms with Crippen LogP contribution in [0, 0.1) is 0 Å². The Morgan fingerprint density at radius 1 is 0.829 bits per heavy atom. The quantitative estimate of drug-likeness (QED) is 0.389. The molecule has 7 heteroatoms. The Bertz CT molecular complexity index is 1380. The topological polar surface area (TPSA) is 78.8 Å². The molecule has 35 heavy (non-hydrogen) atoms. The molecule has 1 heterocycles. The molecule has 7 nitrogen and oxygen atoms in total. The van der Waals surface area contributed by atoms with Crippen molar-refractivity contribution in [3.63, 3.8) is 0 Å². The summed E-state index contributed by atoms with van der Waals surface area (Å²) in [4.78, 5) is 26.5. The van der Waals surface area contributed by atoms with Crippen molar-refractivity contribution in [3.8, 4) is 17.2 Å². The summed E-state index contributed by atoms with van der Waals surface area (Å²) in [5.74, 6) is 1.42. The predicted molar refractivity (Wildman–Crippen MR) is 137 cm³/mol. The number of benzene rings is 3. The number of hydrogen-bond donors (Lipinski definition) is 1. The molecule has 0 aliphatic heterocycles. The number of aromatic nitrogens is 1. The van der Waals surface area contributed by atoms with Crippen LogP contribution in [0.25, 0.3) is 10.9 Å². The average molecular weight is 473 g/mol. The lowest BCUT2D eigenvalue weighted by molar-refractivity contribution is -0.116. The minimum absolute atomic E-state index is 0.143. The average Bonchev–Trinajstić information content (AvgIpc) is 2.89. The number of rotatable bonds is 9. The number of nitrogens with zero attached hydrogens (tertiary/aromatic N) is 1. The Kier molecular flexibility index (Phi) is 7.35. The van der Waals surface area contributed by atoms with E-state index < -0.39 is 0 Å². The van der Waals surface area contributed by atoms with Gasteiger partial charge >= 0.3 is 0 Å². The van der Waals surface area contributed by atoms with Crippen molar-refractivity contribution in [1.29, 1.82) is 0 Å². The van der Waals surface area contributed by atoms with Crippen LogP contribution in [0.1, 0.15) is 11.1 Å². The standard InChI is InChI=1S/C28H28N2O5/c1-33-23-13-11-22(12-14-23)29-27(31)18-30-24-17-26(35-3)25(34-2)16-21(24)15-20(28(30)32)10-9-19-7-5-4-6-8-19/h4-8,11-17H,9-10,18H2,1-3H3,(H,29,31). The molecule has 1 aromatic heterocycles. The second-order valence-electron chi connectivity index (χ2n) is 8.09. The molecule has 0 fully saturated rings. The van der Waals surface area contributed by atoms with Crippen LogP contribution in [0.2, 0.25) is 0 Å². The van der Waals surface area contributed by atoms with Crippen molar-refractivity contribution < 1.29 is 19.0 Å². The molecular weight excluding hydrogens is 444 g/mol. The number of carbonyl (C=O) groups excluding carboxylic acids is 1. The van der Waals surface area contributed by atoms with Gasteiger partial charge in [-0.1, -0.05) is 30.3 Å². The highest BCUT2D eigenvalue weighted by Crippen LogP contribution is 2.32. The fourth-order valence-electron chi connectivity index (χ4n) is 4.04. The molecule has 0 aliphatic carbocycles. The molecule has 0 radical (unpaired) electrons. The second-order valence-corrected chi connectivity index (χ2v) is 8.09. The highest BCUT2D eigenvalue weighted by molar-refractivity contribution is 5.92. The highest BCUT2D eigenvalue weighted by atomic mass is 16.5. The van der Waals surface area contributed by atoms with Crippen LogP contribution in [0.15, 0.2) is 77.6 Å². The van der Waals surface area contributed by atoms with Crippen molar-refractivity contribution in [2.75, 3.05) is 26.6 Å². The maximum Gasteiger partial charge on any atom is 0.254 e. The molecule has 0 saturated carbocycles. The van der Waals surface area contributed by atoms with E-state index in [0.29, 0.717) is 46.9 Å². The van der Waals surface area contributed by atoms with Crippen molar-refractivity contribution in [2.24, 2.45) is 0 Å². The molecule has 0 bridgehead atoms. The third kappa shape index (κ3) is 5.46.